The molecule has 7 heteroatoms. The Morgan fingerprint density at radius 1 is 1.00 bits per heavy atom. The van der Waals surface area contributed by atoms with Crippen molar-refractivity contribution >= 4 is 35.3 Å². The van der Waals surface area contributed by atoms with Gasteiger partial charge in [0, 0.05) is 10.6 Å². The molecule has 0 aliphatic heterocycles. The minimum absolute atomic E-state index is 0.206. The largest absolute Gasteiger partial charge is 0.459 e. The summed E-state index contributed by atoms with van der Waals surface area (Å²) in [5, 5.41) is 2.61. The zero-order chi connectivity index (χ0) is 19.8. The molecule has 2 aromatic carbocycles. The molecule has 1 amide bonds. The Balaban J connectivity index is 1.88. The normalized spacial score (nSPS) is 10.4. The lowest BCUT2D eigenvalue weighted by molar-refractivity contribution is -0.119. The van der Waals surface area contributed by atoms with Gasteiger partial charge in [-0.05, 0) is 56.5 Å². The Morgan fingerprint density at radius 2 is 1.67 bits per heavy atom. The van der Waals surface area contributed by atoms with Crippen molar-refractivity contribution in [3.05, 3.63) is 59.7 Å². The number of nitrogens with one attached hydrogen (secondary N) is 1. The summed E-state index contributed by atoms with van der Waals surface area (Å²) < 4.78 is 10.2. The van der Waals surface area contributed by atoms with E-state index in [0.29, 0.717) is 16.8 Å². The quantitative estimate of drug-likeness (QED) is 0.575. The third-order valence-corrected chi connectivity index (χ3v) is 4.20. The Hall–Kier alpha value is -2.80. The van der Waals surface area contributed by atoms with Crippen LogP contribution >= 0.6 is 11.8 Å². The maximum Gasteiger partial charge on any atom is 0.339 e. The minimum atomic E-state index is -0.554. The predicted octanol–water partition coefficient (Wildman–Crippen LogP) is 3.77. The second-order valence-electron chi connectivity index (χ2n) is 5.86. The highest BCUT2D eigenvalue weighted by Gasteiger charge is 2.14. The smallest absolute Gasteiger partial charge is 0.339 e. The molecule has 0 aliphatic carbocycles. The Bertz CT molecular complexity index is 817. The molecule has 6 nitrogen and oxygen atoms in total. The second kappa shape index (κ2) is 9.78. The number of esters is 2. The number of carbonyl (C=O) groups is 3. The van der Waals surface area contributed by atoms with Crippen LogP contribution in [-0.4, -0.2) is 36.8 Å². The highest BCUT2D eigenvalue weighted by Crippen LogP contribution is 2.20. The number of hydrogen-bond acceptors (Lipinski definition) is 6. The number of thioether (sulfide) groups is 1. The summed E-state index contributed by atoms with van der Waals surface area (Å²) in [7, 11) is 0. The van der Waals surface area contributed by atoms with Gasteiger partial charge < -0.3 is 14.8 Å². The number of hydrogen-bond donors (Lipinski definition) is 1. The molecule has 0 atom stereocenters. The molecule has 2 aromatic rings. The molecular formula is C20H21NO5S. The van der Waals surface area contributed by atoms with Crippen LogP contribution in [0.3, 0.4) is 0 Å². The van der Waals surface area contributed by atoms with E-state index >= 15 is 0 Å². The molecule has 0 fully saturated rings. The van der Waals surface area contributed by atoms with Crippen molar-refractivity contribution in [2.75, 3.05) is 18.2 Å². The van der Waals surface area contributed by atoms with E-state index in [1.54, 1.807) is 50.2 Å². The summed E-state index contributed by atoms with van der Waals surface area (Å²) in [5.74, 6) is -1.45. The van der Waals surface area contributed by atoms with Gasteiger partial charge in [0.05, 0.1) is 17.2 Å². The topological polar surface area (TPSA) is 81.7 Å². The molecule has 0 unspecified atom stereocenters. The highest BCUT2D eigenvalue weighted by atomic mass is 32.2. The van der Waals surface area contributed by atoms with Gasteiger partial charge in [0.2, 0.25) is 0 Å². The Labute approximate surface area is 162 Å². The molecule has 0 heterocycles. The number of anilines is 1. The summed E-state index contributed by atoms with van der Waals surface area (Å²) in [5.41, 5.74) is 1.30. The fourth-order valence-electron chi connectivity index (χ4n) is 2.19. The molecule has 0 saturated heterocycles. The van der Waals surface area contributed by atoms with Crippen LogP contribution in [0.1, 0.15) is 34.6 Å². The number of ether oxygens (including phenoxy) is 2. The first kappa shape index (κ1) is 20.5. The number of benzene rings is 2. The standard InChI is InChI=1S/C20H21NO5S/c1-13(2)26-19(23)14-8-10-15(11-9-14)21-18(22)12-25-20(24)16-6-4-5-7-17(16)27-3/h4-11,13H,12H2,1-3H3,(H,21,22). The molecule has 0 bridgehead atoms. The maximum absolute atomic E-state index is 12.1. The lowest BCUT2D eigenvalue weighted by Gasteiger charge is -2.10. The second-order valence-corrected chi connectivity index (χ2v) is 6.70. The van der Waals surface area contributed by atoms with Crippen LogP contribution in [0, 0.1) is 0 Å². The van der Waals surface area contributed by atoms with Crippen LogP contribution in [0.15, 0.2) is 53.4 Å². The van der Waals surface area contributed by atoms with E-state index in [9.17, 15) is 14.4 Å². The minimum Gasteiger partial charge on any atom is -0.459 e. The van der Waals surface area contributed by atoms with Crippen LogP contribution in [0.5, 0.6) is 0 Å². The van der Waals surface area contributed by atoms with E-state index in [2.05, 4.69) is 5.32 Å². The Morgan fingerprint density at radius 3 is 2.30 bits per heavy atom. The van der Waals surface area contributed by atoms with Crippen molar-refractivity contribution in [1.82, 2.24) is 0 Å². The van der Waals surface area contributed by atoms with Gasteiger partial charge in [0.25, 0.3) is 5.91 Å². The van der Waals surface area contributed by atoms with Gasteiger partial charge in [-0.1, -0.05) is 12.1 Å². The summed E-state index contributed by atoms with van der Waals surface area (Å²) in [6, 6.07) is 13.3. The summed E-state index contributed by atoms with van der Waals surface area (Å²) in [4.78, 5) is 36.7. The summed E-state index contributed by atoms with van der Waals surface area (Å²) in [6.07, 6.45) is 1.65. The van der Waals surface area contributed by atoms with Crippen LogP contribution < -0.4 is 5.32 Å². The molecule has 0 spiro atoms. The maximum atomic E-state index is 12.1. The van der Waals surface area contributed by atoms with E-state index in [4.69, 9.17) is 9.47 Å². The van der Waals surface area contributed by atoms with Crippen molar-refractivity contribution in [3.63, 3.8) is 0 Å². The Kier molecular flexibility index (Phi) is 7.43. The van der Waals surface area contributed by atoms with Gasteiger partial charge in [0.15, 0.2) is 6.61 Å². The molecule has 1 N–H and O–H groups in total. The van der Waals surface area contributed by atoms with Crippen molar-refractivity contribution in [1.29, 1.82) is 0 Å². The van der Waals surface area contributed by atoms with Crippen molar-refractivity contribution in [3.8, 4) is 0 Å². The van der Waals surface area contributed by atoms with Gasteiger partial charge in [-0.3, -0.25) is 4.79 Å². The van der Waals surface area contributed by atoms with Crippen LogP contribution in [0.25, 0.3) is 0 Å². The number of amides is 1. The molecule has 0 saturated carbocycles. The highest BCUT2D eigenvalue weighted by molar-refractivity contribution is 7.98. The zero-order valence-electron chi connectivity index (χ0n) is 15.4. The molecule has 27 heavy (non-hydrogen) atoms. The monoisotopic (exact) mass is 387 g/mol. The average Bonchev–Trinajstić information content (AvgIpc) is 2.66. The first-order valence-corrected chi connectivity index (χ1v) is 9.54. The molecule has 0 aromatic heterocycles. The van der Waals surface area contributed by atoms with E-state index in [1.165, 1.54) is 11.8 Å². The van der Waals surface area contributed by atoms with E-state index in [0.717, 1.165) is 4.90 Å². The van der Waals surface area contributed by atoms with Crippen molar-refractivity contribution in [2.24, 2.45) is 0 Å². The van der Waals surface area contributed by atoms with Gasteiger partial charge in [-0.15, -0.1) is 11.8 Å². The molecule has 2 rings (SSSR count). The number of rotatable bonds is 7. The predicted molar refractivity (Wildman–Crippen MR) is 104 cm³/mol. The fraction of sp³-hybridized carbons (Fsp3) is 0.250. The van der Waals surface area contributed by atoms with Crippen LogP contribution in [-0.2, 0) is 14.3 Å². The summed E-state index contributed by atoms with van der Waals surface area (Å²) in [6.45, 7) is 3.13. The lowest BCUT2D eigenvalue weighted by atomic mass is 10.2. The van der Waals surface area contributed by atoms with Crippen LogP contribution in [0.2, 0.25) is 0 Å². The van der Waals surface area contributed by atoms with Gasteiger partial charge in [0.1, 0.15) is 0 Å². The van der Waals surface area contributed by atoms with Gasteiger partial charge >= 0.3 is 11.9 Å². The lowest BCUT2D eigenvalue weighted by Crippen LogP contribution is -2.21. The van der Waals surface area contributed by atoms with E-state index in [-0.39, 0.29) is 6.10 Å². The first-order valence-electron chi connectivity index (χ1n) is 8.31. The third kappa shape index (κ3) is 6.14. The third-order valence-electron chi connectivity index (χ3n) is 3.41. The fourth-order valence-corrected chi connectivity index (χ4v) is 2.78. The first-order chi connectivity index (χ1) is 12.9. The van der Waals surface area contributed by atoms with Gasteiger partial charge in [-0.25, -0.2) is 9.59 Å². The van der Waals surface area contributed by atoms with E-state index < -0.39 is 24.5 Å². The SMILES string of the molecule is CSc1ccccc1C(=O)OCC(=O)Nc1ccc(C(=O)OC(C)C)cc1. The van der Waals surface area contributed by atoms with Gasteiger partial charge in [-0.2, -0.15) is 0 Å². The summed E-state index contributed by atoms with van der Waals surface area (Å²) >= 11 is 1.43. The van der Waals surface area contributed by atoms with Crippen molar-refractivity contribution < 1.29 is 23.9 Å². The van der Waals surface area contributed by atoms with E-state index in [1.807, 2.05) is 18.4 Å². The molecule has 142 valence electrons. The average molecular weight is 387 g/mol. The number of carbonyl (C=O) groups excluding carboxylic acids is 3. The molecule has 0 aliphatic rings. The van der Waals surface area contributed by atoms with Crippen LogP contribution in [0.4, 0.5) is 5.69 Å². The van der Waals surface area contributed by atoms with Crippen molar-refractivity contribution in [2.45, 2.75) is 24.8 Å². The zero-order valence-corrected chi connectivity index (χ0v) is 16.2. The molecular weight excluding hydrogens is 366 g/mol. The molecule has 0 radical (unpaired) electrons.